The van der Waals surface area contributed by atoms with Crippen LogP contribution in [0.1, 0.15) is 31.7 Å². The van der Waals surface area contributed by atoms with E-state index in [4.69, 9.17) is 11.6 Å². The zero-order valence-corrected chi connectivity index (χ0v) is 16.5. The van der Waals surface area contributed by atoms with Crippen molar-refractivity contribution in [1.29, 1.82) is 0 Å². The Hall–Kier alpha value is -1.56. The van der Waals surface area contributed by atoms with Gasteiger partial charge in [-0.25, -0.2) is 4.98 Å². The molecule has 0 aliphatic carbocycles. The highest BCUT2D eigenvalue weighted by Gasteiger charge is 2.09. The number of halogens is 1. The monoisotopic (exact) mass is 390 g/mol. The van der Waals surface area contributed by atoms with Gasteiger partial charge in [0.1, 0.15) is 0 Å². The minimum absolute atomic E-state index is 0.0291. The summed E-state index contributed by atoms with van der Waals surface area (Å²) in [5.41, 5.74) is 3.00. The average Bonchev–Trinajstić information content (AvgIpc) is 3.02. The van der Waals surface area contributed by atoms with E-state index in [-0.39, 0.29) is 5.91 Å². The zero-order chi connectivity index (χ0) is 17.8. The van der Waals surface area contributed by atoms with Crippen molar-refractivity contribution in [1.82, 2.24) is 4.98 Å². The number of amides is 1. The third-order valence-electron chi connectivity index (χ3n) is 4.03. The fourth-order valence-corrected chi connectivity index (χ4v) is 4.41. The summed E-state index contributed by atoms with van der Waals surface area (Å²) >= 11 is 9.00. The minimum atomic E-state index is -0.0291. The van der Waals surface area contributed by atoms with E-state index in [9.17, 15) is 4.79 Å². The number of nitrogens with one attached hydrogen (secondary N) is 1. The molecule has 1 unspecified atom stereocenters. The summed E-state index contributed by atoms with van der Waals surface area (Å²) < 4.78 is 1.95. The van der Waals surface area contributed by atoms with Gasteiger partial charge in [0.25, 0.3) is 0 Å². The molecule has 0 spiro atoms. The van der Waals surface area contributed by atoms with E-state index < -0.39 is 0 Å². The molecule has 0 saturated carbocycles. The van der Waals surface area contributed by atoms with E-state index in [1.54, 1.807) is 11.3 Å². The predicted molar refractivity (Wildman–Crippen MR) is 109 cm³/mol. The lowest BCUT2D eigenvalue weighted by Crippen LogP contribution is -2.13. The highest BCUT2D eigenvalue weighted by molar-refractivity contribution is 8.01. The molecular formula is C19H19ClN2OS2. The molecule has 0 radical (unpaired) electrons. The van der Waals surface area contributed by atoms with E-state index in [1.165, 1.54) is 17.3 Å². The Labute approximate surface area is 160 Å². The molecule has 0 fully saturated rings. The topological polar surface area (TPSA) is 42.0 Å². The summed E-state index contributed by atoms with van der Waals surface area (Å²) in [6.07, 6.45) is 1.11. The van der Waals surface area contributed by atoms with Gasteiger partial charge in [0, 0.05) is 10.7 Å². The van der Waals surface area contributed by atoms with Crippen LogP contribution in [-0.4, -0.2) is 16.6 Å². The van der Waals surface area contributed by atoms with Gasteiger partial charge < -0.3 is 5.32 Å². The smallest absolute Gasteiger partial charge is 0.234 e. The standard InChI is InChI=1S/C19H19ClN2OS2/c1-3-12(2)13-4-7-15(8-5-13)21-18(23)11-24-19-22-16-10-14(20)6-9-17(16)25-19/h4-10,12H,3,11H2,1-2H3,(H,21,23). The molecular weight excluding hydrogens is 372 g/mol. The minimum Gasteiger partial charge on any atom is -0.325 e. The Bertz CT molecular complexity index is 877. The van der Waals surface area contributed by atoms with E-state index in [1.807, 2.05) is 30.3 Å². The van der Waals surface area contributed by atoms with Crippen LogP contribution in [0.2, 0.25) is 5.02 Å². The number of thiazole rings is 1. The van der Waals surface area contributed by atoms with Crippen molar-refractivity contribution in [3.63, 3.8) is 0 Å². The molecule has 6 heteroatoms. The van der Waals surface area contributed by atoms with Crippen molar-refractivity contribution < 1.29 is 4.79 Å². The number of anilines is 1. The molecule has 2 aromatic carbocycles. The van der Waals surface area contributed by atoms with Crippen molar-refractivity contribution in [3.05, 3.63) is 53.1 Å². The summed E-state index contributed by atoms with van der Waals surface area (Å²) in [6, 6.07) is 13.7. The Morgan fingerprint density at radius 1 is 1.28 bits per heavy atom. The largest absolute Gasteiger partial charge is 0.325 e. The van der Waals surface area contributed by atoms with Gasteiger partial charge in [-0.15, -0.1) is 11.3 Å². The SMILES string of the molecule is CCC(C)c1ccc(NC(=O)CSc2nc3cc(Cl)ccc3s2)cc1. The Morgan fingerprint density at radius 3 is 2.76 bits per heavy atom. The Morgan fingerprint density at radius 2 is 2.04 bits per heavy atom. The van der Waals surface area contributed by atoms with Crippen LogP contribution in [0.25, 0.3) is 10.2 Å². The van der Waals surface area contributed by atoms with E-state index in [0.29, 0.717) is 16.7 Å². The van der Waals surface area contributed by atoms with Crippen LogP contribution in [0, 0.1) is 0 Å². The van der Waals surface area contributed by atoms with Crippen LogP contribution in [0.5, 0.6) is 0 Å². The third-order valence-corrected chi connectivity index (χ3v) is 6.45. The number of fused-ring (bicyclic) bond motifs is 1. The molecule has 3 nitrogen and oxygen atoms in total. The van der Waals surface area contributed by atoms with Gasteiger partial charge in [-0.1, -0.05) is 49.3 Å². The fraction of sp³-hybridized carbons (Fsp3) is 0.263. The van der Waals surface area contributed by atoms with E-state index in [0.717, 1.165) is 26.7 Å². The highest BCUT2D eigenvalue weighted by Crippen LogP contribution is 2.31. The number of aromatic nitrogens is 1. The van der Waals surface area contributed by atoms with Gasteiger partial charge in [-0.2, -0.15) is 0 Å². The van der Waals surface area contributed by atoms with Crippen LogP contribution < -0.4 is 5.32 Å². The Balaban J connectivity index is 1.56. The summed E-state index contributed by atoms with van der Waals surface area (Å²) in [5, 5.41) is 3.61. The maximum absolute atomic E-state index is 12.2. The number of rotatable bonds is 6. The first-order valence-electron chi connectivity index (χ1n) is 8.14. The fourth-order valence-electron chi connectivity index (χ4n) is 2.40. The van der Waals surface area contributed by atoms with Gasteiger partial charge >= 0.3 is 0 Å². The van der Waals surface area contributed by atoms with Gasteiger partial charge in [0.05, 0.1) is 16.0 Å². The number of carbonyl (C=O) groups is 1. The molecule has 130 valence electrons. The van der Waals surface area contributed by atoms with E-state index in [2.05, 4.69) is 36.3 Å². The molecule has 3 rings (SSSR count). The lowest BCUT2D eigenvalue weighted by molar-refractivity contribution is -0.113. The van der Waals surface area contributed by atoms with E-state index >= 15 is 0 Å². The number of thioether (sulfide) groups is 1. The van der Waals surface area contributed by atoms with Gasteiger partial charge in [0.15, 0.2) is 4.34 Å². The maximum atomic E-state index is 12.2. The van der Waals surface area contributed by atoms with Crippen LogP contribution in [-0.2, 0) is 4.79 Å². The molecule has 1 atom stereocenters. The van der Waals surface area contributed by atoms with Crippen molar-refractivity contribution in [2.75, 3.05) is 11.1 Å². The number of hydrogen-bond donors (Lipinski definition) is 1. The second-order valence-corrected chi connectivity index (χ2v) is 8.55. The van der Waals surface area contributed by atoms with Gasteiger partial charge in [0.2, 0.25) is 5.91 Å². The quantitative estimate of drug-likeness (QED) is 0.510. The van der Waals surface area contributed by atoms with Gasteiger partial charge in [-0.05, 0) is 48.2 Å². The average molecular weight is 391 g/mol. The van der Waals surface area contributed by atoms with Crippen molar-refractivity contribution in [3.8, 4) is 0 Å². The second-order valence-electron chi connectivity index (χ2n) is 5.86. The number of carbonyl (C=O) groups excluding carboxylic acids is 1. The third kappa shape index (κ3) is 4.75. The first kappa shape index (κ1) is 18.2. The van der Waals surface area contributed by atoms with Crippen molar-refractivity contribution in [2.45, 2.75) is 30.5 Å². The molecule has 1 N–H and O–H groups in total. The molecule has 0 bridgehead atoms. The number of nitrogens with zero attached hydrogens (tertiary/aromatic N) is 1. The molecule has 25 heavy (non-hydrogen) atoms. The molecule has 1 amide bonds. The van der Waals surface area contributed by atoms with Crippen molar-refractivity contribution in [2.24, 2.45) is 0 Å². The predicted octanol–water partition coefficient (Wildman–Crippen LogP) is 6.19. The molecule has 1 heterocycles. The lowest BCUT2D eigenvalue weighted by atomic mass is 9.99. The summed E-state index contributed by atoms with van der Waals surface area (Å²) in [6.45, 7) is 4.38. The summed E-state index contributed by atoms with van der Waals surface area (Å²) in [4.78, 5) is 16.7. The Kier molecular flexibility index (Phi) is 5.99. The highest BCUT2D eigenvalue weighted by atomic mass is 35.5. The van der Waals surface area contributed by atoms with Crippen LogP contribution in [0.4, 0.5) is 5.69 Å². The zero-order valence-electron chi connectivity index (χ0n) is 14.1. The molecule has 3 aromatic rings. The number of hydrogen-bond acceptors (Lipinski definition) is 4. The summed E-state index contributed by atoms with van der Waals surface area (Å²) in [5.74, 6) is 0.840. The molecule has 0 saturated heterocycles. The summed E-state index contributed by atoms with van der Waals surface area (Å²) in [7, 11) is 0. The first-order valence-corrected chi connectivity index (χ1v) is 10.3. The second kappa shape index (κ2) is 8.21. The van der Waals surface area contributed by atoms with Crippen molar-refractivity contribution >= 4 is 56.5 Å². The lowest BCUT2D eigenvalue weighted by Gasteiger charge is -2.10. The normalized spacial score (nSPS) is 12.3. The molecule has 1 aromatic heterocycles. The molecule has 0 aliphatic heterocycles. The van der Waals surface area contributed by atoms with Crippen LogP contribution in [0.15, 0.2) is 46.8 Å². The maximum Gasteiger partial charge on any atom is 0.234 e. The van der Waals surface area contributed by atoms with Gasteiger partial charge in [-0.3, -0.25) is 4.79 Å². The molecule has 0 aliphatic rings. The first-order chi connectivity index (χ1) is 12.0. The van der Waals surface area contributed by atoms with Crippen LogP contribution >= 0.6 is 34.7 Å². The number of benzene rings is 2. The van der Waals surface area contributed by atoms with Crippen LogP contribution in [0.3, 0.4) is 0 Å².